The van der Waals surface area contributed by atoms with E-state index in [1.54, 1.807) is 6.92 Å². The van der Waals surface area contributed by atoms with Crippen molar-refractivity contribution >= 4 is 5.91 Å². The molecule has 0 aromatic heterocycles. The number of carbonyl (C=O) groups is 1. The summed E-state index contributed by atoms with van der Waals surface area (Å²) in [5, 5.41) is 23.2. The lowest BCUT2D eigenvalue weighted by Gasteiger charge is -2.49. The molecule has 6 heteroatoms. The second kappa shape index (κ2) is 8.05. The van der Waals surface area contributed by atoms with Crippen molar-refractivity contribution in [1.82, 2.24) is 10.2 Å². The van der Waals surface area contributed by atoms with Gasteiger partial charge in [-0.1, -0.05) is 30.3 Å². The third kappa shape index (κ3) is 4.82. The highest BCUT2D eigenvalue weighted by Gasteiger charge is 2.48. The van der Waals surface area contributed by atoms with Gasteiger partial charge in [-0.05, 0) is 31.7 Å². The van der Waals surface area contributed by atoms with Crippen LogP contribution in [0.15, 0.2) is 30.3 Å². The van der Waals surface area contributed by atoms with Gasteiger partial charge >= 0.3 is 0 Å². The molecule has 1 aromatic carbocycles. The van der Waals surface area contributed by atoms with Crippen LogP contribution in [0.5, 0.6) is 0 Å². The van der Waals surface area contributed by atoms with Crippen molar-refractivity contribution in [2.45, 2.75) is 49.9 Å². The van der Waals surface area contributed by atoms with Gasteiger partial charge in [-0.3, -0.25) is 9.69 Å². The molecule has 0 radical (unpaired) electrons. The molecule has 2 saturated heterocycles. The fourth-order valence-electron chi connectivity index (χ4n) is 3.95. The summed E-state index contributed by atoms with van der Waals surface area (Å²) in [7, 11) is 0. The summed E-state index contributed by atoms with van der Waals surface area (Å²) < 4.78 is 5.88. The number of carbonyl (C=O) groups excluding carboxylic acids is 1. The topological polar surface area (TPSA) is 82.0 Å². The molecule has 0 unspecified atom stereocenters. The molecular weight excluding hydrogens is 332 g/mol. The number of amides is 1. The van der Waals surface area contributed by atoms with Crippen LogP contribution in [-0.4, -0.2) is 71.1 Å². The average molecular weight is 362 g/mol. The first-order chi connectivity index (χ1) is 12.4. The van der Waals surface area contributed by atoms with Gasteiger partial charge in [-0.15, -0.1) is 0 Å². The van der Waals surface area contributed by atoms with Crippen LogP contribution >= 0.6 is 0 Å². The molecule has 144 valence electrons. The predicted octanol–water partition coefficient (Wildman–Crippen LogP) is 0.712. The fraction of sp³-hybridized carbons (Fsp3) is 0.650. The van der Waals surface area contributed by atoms with E-state index in [0.717, 1.165) is 32.4 Å². The van der Waals surface area contributed by atoms with Crippen molar-refractivity contribution < 1.29 is 19.7 Å². The van der Waals surface area contributed by atoms with Crippen LogP contribution in [-0.2, 0) is 16.0 Å². The molecule has 2 fully saturated rings. The van der Waals surface area contributed by atoms with E-state index < -0.39 is 11.7 Å². The van der Waals surface area contributed by atoms with E-state index in [9.17, 15) is 15.0 Å². The van der Waals surface area contributed by atoms with E-state index >= 15 is 0 Å². The minimum atomic E-state index is -1.10. The molecule has 2 aliphatic rings. The lowest BCUT2D eigenvalue weighted by molar-refractivity contribution is -0.223. The maximum Gasteiger partial charge on any atom is 0.234 e. The molecule has 1 spiro atoms. The maximum absolute atomic E-state index is 12.2. The Morgan fingerprint density at radius 2 is 2.00 bits per heavy atom. The van der Waals surface area contributed by atoms with Crippen molar-refractivity contribution in [2.24, 2.45) is 0 Å². The molecule has 26 heavy (non-hydrogen) atoms. The molecule has 3 rings (SSSR count). The van der Waals surface area contributed by atoms with Crippen molar-refractivity contribution in [2.75, 3.05) is 32.8 Å². The number of likely N-dealkylation sites (tertiary alicyclic amines) is 1. The zero-order valence-electron chi connectivity index (χ0n) is 15.5. The number of hydrogen-bond donors (Lipinski definition) is 3. The zero-order chi connectivity index (χ0) is 18.6. The largest absolute Gasteiger partial charge is 0.388 e. The summed E-state index contributed by atoms with van der Waals surface area (Å²) in [5.41, 5.74) is -0.255. The Morgan fingerprint density at radius 3 is 2.65 bits per heavy atom. The first-order valence-corrected chi connectivity index (χ1v) is 9.46. The summed E-state index contributed by atoms with van der Waals surface area (Å²) in [6.07, 6.45) is 1.99. The van der Waals surface area contributed by atoms with Crippen molar-refractivity contribution in [3.05, 3.63) is 35.9 Å². The van der Waals surface area contributed by atoms with Crippen molar-refractivity contribution in [1.29, 1.82) is 0 Å². The normalized spacial score (nSPS) is 28.8. The monoisotopic (exact) mass is 362 g/mol. The van der Waals surface area contributed by atoms with Gasteiger partial charge in [0.1, 0.15) is 6.10 Å². The predicted molar refractivity (Wildman–Crippen MR) is 98.8 cm³/mol. The van der Waals surface area contributed by atoms with E-state index in [0.29, 0.717) is 19.5 Å². The van der Waals surface area contributed by atoms with Gasteiger partial charge in [0.2, 0.25) is 5.91 Å². The number of aliphatic hydroxyl groups is 2. The second-order valence-corrected chi connectivity index (χ2v) is 7.91. The molecule has 0 aliphatic carbocycles. The molecule has 6 nitrogen and oxygen atoms in total. The second-order valence-electron chi connectivity index (χ2n) is 7.91. The van der Waals surface area contributed by atoms with Crippen molar-refractivity contribution in [3.63, 3.8) is 0 Å². The van der Waals surface area contributed by atoms with E-state index in [-0.39, 0.29) is 18.1 Å². The number of rotatable bonds is 5. The van der Waals surface area contributed by atoms with Crippen LogP contribution in [0.2, 0.25) is 0 Å². The van der Waals surface area contributed by atoms with Gasteiger partial charge in [0.05, 0.1) is 24.4 Å². The lowest BCUT2D eigenvalue weighted by atomic mass is 9.76. The van der Waals surface area contributed by atoms with Crippen molar-refractivity contribution in [3.8, 4) is 0 Å². The van der Waals surface area contributed by atoms with E-state index in [4.69, 9.17) is 4.74 Å². The molecule has 2 aliphatic heterocycles. The number of aliphatic hydroxyl groups excluding tert-OH is 1. The minimum Gasteiger partial charge on any atom is -0.388 e. The van der Waals surface area contributed by atoms with Crippen LogP contribution in [0.4, 0.5) is 0 Å². The van der Waals surface area contributed by atoms with Crippen LogP contribution in [0.3, 0.4) is 0 Å². The first kappa shape index (κ1) is 19.3. The number of nitrogens with zero attached hydrogens (tertiary/aromatic N) is 1. The van der Waals surface area contributed by atoms with Crippen LogP contribution in [0, 0.1) is 0 Å². The molecule has 0 saturated carbocycles. The maximum atomic E-state index is 12.2. The lowest BCUT2D eigenvalue weighted by Crippen LogP contribution is -2.59. The number of piperidine rings is 1. The van der Waals surface area contributed by atoms with E-state index in [1.165, 1.54) is 5.56 Å². The Kier molecular flexibility index (Phi) is 5.97. The minimum absolute atomic E-state index is 0.0452. The van der Waals surface area contributed by atoms with Crippen LogP contribution < -0.4 is 5.32 Å². The molecule has 1 aromatic rings. The average Bonchev–Trinajstić information content (AvgIpc) is 2.61. The Morgan fingerprint density at radius 1 is 1.31 bits per heavy atom. The quantitative estimate of drug-likeness (QED) is 0.719. The Labute approximate surface area is 155 Å². The van der Waals surface area contributed by atoms with Gasteiger partial charge in [-0.2, -0.15) is 0 Å². The summed E-state index contributed by atoms with van der Waals surface area (Å²) >= 11 is 0. The molecule has 2 heterocycles. The smallest absolute Gasteiger partial charge is 0.234 e. The Hall–Kier alpha value is -1.47. The highest BCUT2D eigenvalue weighted by molar-refractivity contribution is 5.78. The first-order valence-electron chi connectivity index (χ1n) is 9.46. The van der Waals surface area contributed by atoms with Gasteiger partial charge in [0.15, 0.2) is 0 Å². The number of ether oxygens (including phenoxy) is 1. The Balaban J connectivity index is 1.39. The zero-order valence-corrected chi connectivity index (χ0v) is 15.5. The standard InChI is InChI=1S/C20H30N2O4/c1-19(25)15-20(26-14-17(19)23)8-11-22(12-9-20)13-18(24)21-10-7-16-5-3-2-4-6-16/h2-6,17,23,25H,7-15H2,1H3,(H,21,24)/t17-,19-/m0/s1. The third-order valence-corrected chi connectivity index (χ3v) is 5.66. The molecular formula is C20H30N2O4. The molecule has 2 atom stereocenters. The SMILES string of the molecule is C[C@]1(O)CC2(CCN(CC(=O)NCCc3ccccc3)CC2)OC[C@@H]1O. The van der Waals surface area contributed by atoms with E-state index in [1.807, 2.05) is 18.2 Å². The fourth-order valence-corrected chi connectivity index (χ4v) is 3.95. The highest BCUT2D eigenvalue weighted by atomic mass is 16.5. The summed E-state index contributed by atoms with van der Waals surface area (Å²) in [6, 6.07) is 10.1. The van der Waals surface area contributed by atoms with Gasteiger partial charge < -0.3 is 20.3 Å². The number of benzene rings is 1. The van der Waals surface area contributed by atoms with Crippen LogP contribution in [0.25, 0.3) is 0 Å². The summed E-state index contributed by atoms with van der Waals surface area (Å²) in [4.78, 5) is 14.3. The summed E-state index contributed by atoms with van der Waals surface area (Å²) in [5.74, 6) is 0.0452. The van der Waals surface area contributed by atoms with Gasteiger partial charge in [0, 0.05) is 26.1 Å². The van der Waals surface area contributed by atoms with Gasteiger partial charge in [-0.25, -0.2) is 0 Å². The molecule has 1 amide bonds. The molecule has 3 N–H and O–H groups in total. The third-order valence-electron chi connectivity index (χ3n) is 5.66. The number of hydrogen-bond acceptors (Lipinski definition) is 5. The Bertz CT molecular complexity index is 597. The van der Waals surface area contributed by atoms with E-state index in [2.05, 4.69) is 22.3 Å². The molecule has 0 bridgehead atoms. The highest BCUT2D eigenvalue weighted by Crippen LogP contribution is 2.39. The van der Waals surface area contributed by atoms with Gasteiger partial charge in [0.25, 0.3) is 0 Å². The van der Waals surface area contributed by atoms with Crippen LogP contribution in [0.1, 0.15) is 31.7 Å². The number of nitrogens with one attached hydrogen (secondary N) is 1. The summed E-state index contributed by atoms with van der Waals surface area (Å²) in [6.45, 7) is 4.41.